The van der Waals surface area contributed by atoms with Crippen molar-refractivity contribution in [3.63, 3.8) is 0 Å². The number of fused-ring (bicyclic) bond motifs is 2. The molecule has 0 aliphatic rings. The van der Waals surface area contributed by atoms with Gasteiger partial charge in [0.05, 0.1) is 0 Å². The first kappa shape index (κ1) is 34.9. The fourth-order valence-electron chi connectivity index (χ4n) is 5.59. The second-order valence-electron chi connectivity index (χ2n) is 11.0. The Bertz CT molecular complexity index is 1980. The molecule has 0 radical (unpaired) electrons. The zero-order valence-corrected chi connectivity index (χ0v) is 27.3. The van der Waals surface area contributed by atoms with E-state index in [2.05, 4.69) is 0 Å². The minimum atomic E-state index is -0.677. The second kappa shape index (κ2) is 15.5. The van der Waals surface area contributed by atoms with Gasteiger partial charge in [-0.1, -0.05) is 109 Å². The molecule has 0 aliphatic heterocycles. The average Bonchev–Trinajstić information content (AvgIpc) is 3.04. The largest absolute Gasteiger partial charge is 2.00 e. The van der Waals surface area contributed by atoms with E-state index in [0.717, 1.165) is 11.1 Å². The van der Waals surface area contributed by atoms with Gasteiger partial charge in [-0.2, -0.15) is 0 Å². The maximum absolute atomic E-state index is 12.8. The van der Waals surface area contributed by atoms with Gasteiger partial charge in [-0.15, -0.1) is 0 Å². The Morgan fingerprint density at radius 2 is 0.872 bits per heavy atom. The van der Waals surface area contributed by atoms with Crippen molar-refractivity contribution in [2.24, 2.45) is 0 Å². The van der Waals surface area contributed by atoms with Crippen LogP contribution in [0.4, 0.5) is 0 Å². The van der Waals surface area contributed by atoms with Gasteiger partial charge in [0.1, 0.15) is 22.7 Å². The summed E-state index contributed by atoms with van der Waals surface area (Å²) in [6.45, 7) is 2.90. The Balaban J connectivity index is 0.000000208. The first-order chi connectivity index (χ1) is 22.2. The zero-order chi connectivity index (χ0) is 32.8. The molecule has 6 aromatic rings. The standard InChI is InChI=1S/2C19H16O4.Mg/c2*1-12(20)11-15(13-7-3-2-4-8-13)17-18(21)14-9-5-6-10-16(14)23-19(17)22;/h2*2-10,15,21H,11H2,1H3;/q;;+2/p-2. The minimum absolute atomic E-state index is 0. The van der Waals surface area contributed by atoms with E-state index in [-0.39, 0.29) is 81.3 Å². The average molecular weight is 639 g/mol. The first-order valence-electron chi connectivity index (χ1n) is 14.7. The van der Waals surface area contributed by atoms with E-state index in [9.17, 15) is 29.4 Å². The van der Waals surface area contributed by atoms with E-state index < -0.39 is 23.1 Å². The van der Waals surface area contributed by atoms with Gasteiger partial charge in [-0.25, -0.2) is 9.59 Å². The number of para-hydroxylation sites is 2. The quantitative estimate of drug-likeness (QED) is 0.156. The number of carbonyl (C=O) groups excluding carboxylic acids is 2. The van der Waals surface area contributed by atoms with Gasteiger partial charge in [-0.3, -0.25) is 9.59 Å². The number of benzene rings is 4. The van der Waals surface area contributed by atoms with Crippen molar-refractivity contribution < 1.29 is 28.6 Å². The van der Waals surface area contributed by atoms with Gasteiger partial charge in [0.15, 0.2) is 0 Å². The van der Waals surface area contributed by atoms with Crippen LogP contribution in [0.2, 0.25) is 0 Å². The SMILES string of the molecule is CC(=O)CC(c1ccccc1)c1c([O-])c2ccccc2oc1=O.CC(=O)CC(c1ccccc1)c1c([O-])c2ccccc2oc1=O.[Mg+2]. The third-order valence-electron chi connectivity index (χ3n) is 7.68. The number of rotatable bonds is 8. The number of hydrogen-bond donors (Lipinski definition) is 0. The second-order valence-corrected chi connectivity index (χ2v) is 11.0. The van der Waals surface area contributed by atoms with Crippen molar-refractivity contribution in [2.45, 2.75) is 38.5 Å². The van der Waals surface area contributed by atoms with Crippen LogP contribution in [-0.2, 0) is 9.59 Å². The van der Waals surface area contributed by atoms with Crippen molar-refractivity contribution in [2.75, 3.05) is 0 Å². The van der Waals surface area contributed by atoms with Gasteiger partial charge in [-0.05, 0) is 37.1 Å². The molecule has 0 N–H and O–H groups in total. The molecule has 2 heterocycles. The van der Waals surface area contributed by atoms with Crippen LogP contribution in [0.25, 0.3) is 21.9 Å². The summed E-state index contributed by atoms with van der Waals surface area (Å²) < 4.78 is 10.6. The number of ketones is 2. The molecular weight excluding hydrogens is 609 g/mol. The number of carbonyl (C=O) groups is 2. The Kier molecular flexibility index (Phi) is 11.5. The third kappa shape index (κ3) is 7.88. The van der Waals surface area contributed by atoms with Crippen LogP contribution in [-0.4, -0.2) is 34.6 Å². The molecule has 6 rings (SSSR count). The molecular formula is C38H30MgO8. The van der Waals surface area contributed by atoms with Crippen LogP contribution in [0.15, 0.2) is 128 Å². The third-order valence-corrected chi connectivity index (χ3v) is 7.68. The molecule has 2 atom stereocenters. The topological polar surface area (TPSA) is 141 Å². The van der Waals surface area contributed by atoms with Gasteiger partial charge >= 0.3 is 34.3 Å². The molecule has 8 nitrogen and oxygen atoms in total. The molecule has 0 bridgehead atoms. The van der Waals surface area contributed by atoms with Gasteiger partial charge in [0, 0.05) is 46.6 Å². The Morgan fingerprint density at radius 1 is 0.553 bits per heavy atom. The summed E-state index contributed by atoms with van der Waals surface area (Å²) in [5.41, 5.74) is 0.717. The van der Waals surface area contributed by atoms with Gasteiger partial charge in [0.25, 0.3) is 0 Å². The van der Waals surface area contributed by atoms with E-state index in [1.807, 2.05) is 60.7 Å². The number of Topliss-reactive ketones (excluding diaryl/α,β-unsaturated/α-hetero) is 2. The monoisotopic (exact) mass is 638 g/mol. The molecule has 0 amide bonds. The van der Waals surface area contributed by atoms with E-state index in [4.69, 9.17) is 8.83 Å². The summed E-state index contributed by atoms with van der Waals surface area (Å²) in [6, 6.07) is 31.4. The summed E-state index contributed by atoms with van der Waals surface area (Å²) in [5, 5.41) is 26.3. The van der Waals surface area contributed by atoms with Crippen molar-refractivity contribution in [1.82, 2.24) is 0 Å². The fraction of sp³-hybridized carbons (Fsp3) is 0.158. The molecule has 9 heteroatoms. The van der Waals surface area contributed by atoms with Crippen LogP contribution >= 0.6 is 0 Å². The summed E-state index contributed by atoms with van der Waals surface area (Å²) in [7, 11) is 0. The molecule has 2 aromatic heterocycles. The van der Waals surface area contributed by atoms with Gasteiger partial charge in [0.2, 0.25) is 0 Å². The summed E-state index contributed by atoms with van der Waals surface area (Å²) >= 11 is 0. The first-order valence-corrected chi connectivity index (χ1v) is 14.7. The van der Waals surface area contributed by atoms with Gasteiger partial charge < -0.3 is 19.0 Å². The molecule has 0 saturated heterocycles. The van der Waals surface area contributed by atoms with Crippen molar-refractivity contribution in [1.29, 1.82) is 0 Å². The van der Waals surface area contributed by atoms with E-state index >= 15 is 0 Å². The fourth-order valence-corrected chi connectivity index (χ4v) is 5.59. The van der Waals surface area contributed by atoms with Crippen LogP contribution < -0.4 is 21.5 Å². The Hall–Kier alpha value is -4.99. The minimum Gasteiger partial charge on any atom is -0.872 e. The molecule has 0 aliphatic carbocycles. The van der Waals surface area contributed by atoms with Crippen LogP contribution in [0.3, 0.4) is 0 Å². The van der Waals surface area contributed by atoms with Crippen LogP contribution in [0.5, 0.6) is 11.5 Å². The smallest absolute Gasteiger partial charge is 0.872 e. The molecule has 232 valence electrons. The van der Waals surface area contributed by atoms with Crippen molar-refractivity contribution in [3.8, 4) is 11.5 Å². The van der Waals surface area contributed by atoms with Crippen molar-refractivity contribution in [3.05, 3.63) is 152 Å². The maximum atomic E-state index is 12.8. The van der Waals surface area contributed by atoms with E-state index in [0.29, 0.717) is 10.8 Å². The van der Waals surface area contributed by atoms with Crippen LogP contribution in [0, 0.1) is 0 Å². The molecule has 0 fully saturated rings. The molecule has 47 heavy (non-hydrogen) atoms. The van der Waals surface area contributed by atoms with E-state index in [1.54, 1.807) is 48.5 Å². The molecule has 0 spiro atoms. The van der Waals surface area contributed by atoms with Crippen molar-refractivity contribution >= 4 is 56.6 Å². The Morgan fingerprint density at radius 3 is 1.21 bits per heavy atom. The summed E-state index contributed by atoms with van der Waals surface area (Å²) in [4.78, 5) is 48.0. The Labute approximate surface area is 286 Å². The summed E-state index contributed by atoms with van der Waals surface area (Å²) in [6.07, 6.45) is 0.171. The van der Waals surface area contributed by atoms with Crippen LogP contribution in [0.1, 0.15) is 60.8 Å². The predicted octanol–water partition coefficient (Wildman–Crippen LogP) is 5.57. The maximum Gasteiger partial charge on any atom is 2.00 e. The van der Waals surface area contributed by atoms with E-state index in [1.165, 1.54) is 13.8 Å². The normalized spacial score (nSPS) is 12.0. The summed E-state index contributed by atoms with van der Waals surface area (Å²) in [5.74, 6) is -2.11. The number of hydrogen-bond acceptors (Lipinski definition) is 8. The predicted molar refractivity (Wildman–Crippen MR) is 177 cm³/mol. The zero-order valence-electron chi connectivity index (χ0n) is 25.9. The molecule has 0 saturated carbocycles. The molecule has 2 unspecified atom stereocenters. The molecule has 4 aromatic carbocycles.